The van der Waals surface area contributed by atoms with Crippen molar-refractivity contribution in [2.75, 3.05) is 5.32 Å². The Hall–Kier alpha value is -2.94. The average Bonchev–Trinajstić information content (AvgIpc) is 3.15. The van der Waals surface area contributed by atoms with Crippen LogP contribution in [-0.4, -0.2) is 15.7 Å². The van der Waals surface area contributed by atoms with Crippen molar-refractivity contribution in [2.24, 2.45) is 0 Å². The van der Waals surface area contributed by atoms with E-state index in [1.54, 1.807) is 0 Å². The lowest BCUT2D eigenvalue weighted by Gasteiger charge is -2.17. The van der Waals surface area contributed by atoms with Crippen LogP contribution in [0.5, 0.6) is 0 Å². The molecular formula is C18H14F3N3O2S. The minimum absolute atomic E-state index is 0.371. The number of rotatable bonds is 4. The Balaban J connectivity index is 1.89. The van der Waals surface area contributed by atoms with E-state index in [-0.39, 0.29) is 5.69 Å². The summed E-state index contributed by atoms with van der Waals surface area (Å²) in [4.78, 5) is 25.4. The molecule has 0 aliphatic rings. The molecule has 2 heterocycles. The third-order valence-corrected chi connectivity index (χ3v) is 4.73. The fourth-order valence-corrected chi connectivity index (χ4v) is 3.14. The summed E-state index contributed by atoms with van der Waals surface area (Å²) in [6.45, 7) is 1.40. The van der Waals surface area contributed by atoms with Gasteiger partial charge in [-0.15, -0.1) is 11.3 Å². The summed E-state index contributed by atoms with van der Waals surface area (Å²) >= 11 is 1.41. The lowest BCUT2D eigenvalue weighted by molar-refractivity contribution is -0.137. The van der Waals surface area contributed by atoms with Crippen LogP contribution in [0, 0.1) is 0 Å². The number of carbonyl (C=O) groups is 1. The van der Waals surface area contributed by atoms with E-state index < -0.39 is 29.2 Å². The van der Waals surface area contributed by atoms with Gasteiger partial charge in [0.15, 0.2) is 0 Å². The average molecular weight is 393 g/mol. The fourth-order valence-electron chi connectivity index (χ4n) is 2.45. The highest BCUT2D eigenvalue weighted by atomic mass is 32.1. The second-order valence-corrected chi connectivity index (χ2v) is 6.63. The molecule has 1 aromatic carbocycles. The van der Waals surface area contributed by atoms with Crippen LogP contribution >= 0.6 is 11.3 Å². The van der Waals surface area contributed by atoms with E-state index in [9.17, 15) is 22.8 Å². The zero-order chi connectivity index (χ0) is 19.6. The lowest BCUT2D eigenvalue weighted by atomic mass is 10.1. The van der Waals surface area contributed by atoms with Gasteiger partial charge in [0, 0.05) is 6.07 Å². The van der Waals surface area contributed by atoms with E-state index in [1.807, 2.05) is 17.5 Å². The SMILES string of the molecule is CC(C(=O)Nc1ccccc1C(F)(F)F)n1nc(-c2cccs2)ccc1=O. The molecule has 1 unspecified atom stereocenters. The summed E-state index contributed by atoms with van der Waals surface area (Å²) in [6.07, 6.45) is -4.61. The number of alkyl halides is 3. The number of hydrogen-bond acceptors (Lipinski definition) is 4. The third kappa shape index (κ3) is 4.08. The van der Waals surface area contributed by atoms with Gasteiger partial charge in [-0.3, -0.25) is 9.59 Å². The van der Waals surface area contributed by atoms with E-state index >= 15 is 0 Å². The molecule has 0 bridgehead atoms. The van der Waals surface area contributed by atoms with Crippen molar-refractivity contribution in [3.8, 4) is 10.6 Å². The van der Waals surface area contributed by atoms with E-state index in [1.165, 1.54) is 42.5 Å². The zero-order valence-corrected chi connectivity index (χ0v) is 14.8. The second kappa shape index (κ2) is 7.36. The first-order valence-electron chi connectivity index (χ1n) is 7.88. The fraction of sp³-hybridized carbons (Fsp3) is 0.167. The van der Waals surface area contributed by atoms with Gasteiger partial charge in [0.25, 0.3) is 5.56 Å². The number of amides is 1. The summed E-state index contributed by atoms with van der Waals surface area (Å²) in [7, 11) is 0. The van der Waals surface area contributed by atoms with Crippen LogP contribution in [0.1, 0.15) is 18.5 Å². The normalized spacial score (nSPS) is 12.6. The first kappa shape index (κ1) is 18.8. The maximum absolute atomic E-state index is 13.1. The van der Waals surface area contributed by atoms with Crippen LogP contribution in [0.25, 0.3) is 10.6 Å². The van der Waals surface area contributed by atoms with Gasteiger partial charge in [-0.1, -0.05) is 18.2 Å². The number of benzene rings is 1. The molecule has 5 nitrogen and oxygen atoms in total. The third-order valence-electron chi connectivity index (χ3n) is 3.84. The standard InChI is InChI=1S/C18H14F3N3O2S/c1-11(17(26)22-13-6-3-2-5-12(13)18(19,20)21)24-16(25)9-8-14(23-24)15-7-4-10-27-15/h2-11H,1H3,(H,22,26). The number of hydrogen-bond donors (Lipinski definition) is 1. The molecule has 0 aliphatic carbocycles. The van der Waals surface area contributed by atoms with E-state index in [4.69, 9.17) is 0 Å². The molecule has 1 atom stereocenters. The number of aromatic nitrogens is 2. The number of para-hydroxylation sites is 1. The Morgan fingerprint density at radius 1 is 1.15 bits per heavy atom. The maximum Gasteiger partial charge on any atom is 0.418 e. The quantitative estimate of drug-likeness (QED) is 0.723. The Morgan fingerprint density at radius 3 is 2.56 bits per heavy atom. The van der Waals surface area contributed by atoms with Crippen molar-refractivity contribution in [3.05, 3.63) is 69.8 Å². The number of halogens is 3. The maximum atomic E-state index is 13.1. The minimum Gasteiger partial charge on any atom is -0.324 e. The molecule has 140 valence electrons. The van der Waals surface area contributed by atoms with Gasteiger partial charge in [-0.05, 0) is 36.6 Å². The Morgan fingerprint density at radius 2 is 1.89 bits per heavy atom. The van der Waals surface area contributed by atoms with Crippen LogP contribution in [0.15, 0.2) is 58.7 Å². The van der Waals surface area contributed by atoms with Crippen molar-refractivity contribution in [1.29, 1.82) is 0 Å². The summed E-state index contributed by atoms with van der Waals surface area (Å²) in [5.74, 6) is -0.773. The molecule has 0 radical (unpaired) electrons. The molecule has 0 spiro atoms. The van der Waals surface area contributed by atoms with E-state index in [0.29, 0.717) is 5.69 Å². The largest absolute Gasteiger partial charge is 0.418 e. The van der Waals surface area contributed by atoms with Crippen LogP contribution in [0.3, 0.4) is 0 Å². The first-order chi connectivity index (χ1) is 12.8. The number of nitrogens with zero attached hydrogens (tertiary/aromatic N) is 2. The monoisotopic (exact) mass is 393 g/mol. The molecule has 1 N–H and O–H groups in total. The summed E-state index contributed by atoms with van der Waals surface area (Å²) in [6, 6.07) is 10.00. The van der Waals surface area contributed by atoms with Gasteiger partial charge in [0.1, 0.15) is 11.7 Å². The van der Waals surface area contributed by atoms with Gasteiger partial charge in [-0.25, -0.2) is 4.68 Å². The first-order valence-corrected chi connectivity index (χ1v) is 8.76. The molecule has 0 aliphatic heterocycles. The summed E-state index contributed by atoms with van der Waals surface area (Å²) < 4.78 is 40.2. The van der Waals surface area contributed by atoms with Crippen LogP contribution in [-0.2, 0) is 11.0 Å². The van der Waals surface area contributed by atoms with Gasteiger partial charge in [0.05, 0.1) is 16.1 Å². The molecule has 9 heteroatoms. The second-order valence-electron chi connectivity index (χ2n) is 5.69. The highest BCUT2D eigenvalue weighted by Gasteiger charge is 2.34. The highest BCUT2D eigenvalue weighted by Crippen LogP contribution is 2.34. The van der Waals surface area contributed by atoms with Crippen molar-refractivity contribution in [3.63, 3.8) is 0 Å². The molecular weight excluding hydrogens is 379 g/mol. The zero-order valence-electron chi connectivity index (χ0n) is 14.0. The number of anilines is 1. The van der Waals surface area contributed by atoms with Gasteiger partial charge in [0.2, 0.25) is 5.91 Å². The molecule has 0 saturated carbocycles. The Kier molecular flexibility index (Phi) is 5.13. The molecule has 3 rings (SSSR count). The molecule has 1 amide bonds. The molecule has 27 heavy (non-hydrogen) atoms. The van der Waals surface area contributed by atoms with Crippen molar-refractivity contribution in [2.45, 2.75) is 19.1 Å². The summed E-state index contributed by atoms with van der Waals surface area (Å²) in [5, 5.41) is 8.26. The van der Waals surface area contributed by atoms with E-state index in [0.717, 1.165) is 21.7 Å². The van der Waals surface area contributed by atoms with Crippen LogP contribution in [0.2, 0.25) is 0 Å². The van der Waals surface area contributed by atoms with Crippen LogP contribution < -0.4 is 10.9 Å². The molecule has 2 aromatic heterocycles. The van der Waals surface area contributed by atoms with Crippen molar-refractivity contribution < 1.29 is 18.0 Å². The number of carbonyl (C=O) groups excluding carboxylic acids is 1. The van der Waals surface area contributed by atoms with E-state index in [2.05, 4.69) is 10.4 Å². The van der Waals surface area contributed by atoms with Gasteiger partial charge in [-0.2, -0.15) is 18.3 Å². The van der Waals surface area contributed by atoms with Crippen molar-refractivity contribution in [1.82, 2.24) is 9.78 Å². The Labute approximate surface area is 156 Å². The lowest BCUT2D eigenvalue weighted by Crippen LogP contribution is -2.33. The predicted molar refractivity (Wildman–Crippen MR) is 96.6 cm³/mol. The smallest absolute Gasteiger partial charge is 0.324 e. The van der Waals surface area contributed by atoms with Gasteiger partial charge >= 0.3 is 6.18 Å². The summed E-state index contributed by atoms with van der Waals surface area (Å²) in [5.41, 5.74) is -1.36. The highest BCUT2D eigenvalue weighted by molar-refractivity contribution is 7.13. The number of nitrogens with one attached hydrogen (secondary N) is 1. The topological polar surface area (TPSA) is 64.0 Å². The number of thiophene rings is 1. The van der Waals surface area contributed by atoms with Crippen molar-refractivity contribution >= 4 is 22.9 Å². The van der Waals surface area contributed by atoms with Crippen LogP contribution in [0.4, 0.5) is 18.9 Å². The minimum atomic E-state index is -4.61. The van der Waals surface area contributed by atoms with Gasteiger partial charge < -0.3 is 5.32 Å². The molecule has 0 saturated heterocycles. The molecule has 3 aromatic rings. The Bertz CT molecular complexity index is 1010. The predicted octanol–water partition coefficient (Wildman–Crippen LogP) is 4.19. The molecule has 0 fully saturated rings.